The van der Waals surface area contributed by atoms with Crippen LogP contribution in [-0.2, 0) is 12.8 Å². The maximum Gasteiger partial charge on any atom is 0.159 e. The van der Waals surface area contributed by atoms with Crippen molar-refractivity contribution in [3.8, 4) is 0 Å². The standard InChI is InChI=1S/C16H15ClF2O/c17-14-3-1-2-11(8-14)6-13(10-20)7-12-4-5-15(18)16(19)9-12/h1-5,8-9,13,20H,6-7,10H2. The van der Waals surface area contributed by atoms with Crippen LogP contribution >= 0.6 is 11.6 Å². The number of rotatable bonds is 5. The van der Waals surface area contributed by atoms with E-state index in [1.807, 2.05) is 18.2 Å². The molecule has 0 aliphatic heterocycles. The van der Waals surface area contributed by atoms with Crippen molar-refractivity contribution in [1.82, 2.24) is 0 Å². The van der Waals surface area contributed by atoms with Gasteiger partial charge in [0.15, 0.2) is 11.6 Å². The quantitative estimate of drug-likeness (QED) is 0.884. The lowest BCUT2D eigenvalue weighted by atomic mass is 9.93. The summed E-state index contributed by atoms with van der Waals surface area (Å²) in [6.45, 7) is -0.0223. The Bertz CT molecular complexity index is 586. The molecule has 0 aromatic heterocycles. The van der Waals surface area contributed by atoms with E-state index in [4.69, 9.17) is 11.6 Å². The second-order valence-corrected chi connectivity index (χ2v) is 5.27. The number of halogens is 3. The van der Waals surface area contributed by atoms with Crippen molar-refractivity contribution in [3.05, 3.63) is 70.2 Å². The molecular weight excluding hydrogens is 282 g/mol. The summed E-state index contributed by atoms with van der Waals surface area (Å²) < 4.78 is 26.0. The van der Waals surface area contributed by atoms with Crippen LogP contribution in [-0.4, -0.2) is 11.7 Å². The zero-order valence-electron chi connectivity index (χ0n) is 10.8. The van der Waals surface area contributed by atoms with Crippen molar-refractivity contribution in [2.45, 2.75) is 12.8 Å². The fourth-order valence-corrected chi connectivity index (χ4v) is 2.41. The van der Waals surface area contributed by atoms with E-state index in [1.165, 1.54) is 6.07 Å². The van der Waals surface area contributed by atoms with Crippen LogP contribution in [0.25, 0.3) is 0 Å². The lowest BCUT2D eigenvalue weighted by Gasteiger charge is -2.14. The average Bonchev–Trinajstić information content (AvgIpc) is 2.42. The van der Waals surface area contributed by atoms with E-state index in [-0.39, 0.29) is 12.5 Å². The van der Waals surface area contributed by atoms with Crippen molar-refractivity contribution >= 4 is 11.6 Å². The van der Waals surface area contributed by atoms with Crippen molar-refractivity contribution in [2.24, 2.45) is 5.92 Å². The Labute approximate surface area is 121 Å². The van der Waals surface area contributed by atoms with Crippen LogP contribution in [0.4, 0.5) is 8.78 Å². The minimum absolute atomic E-state index is 0.0223. The van der Waals surface area contributed by atoms with Gasteiger partial charge in [-0.05, 0) is 54.2 Å². The van der Waals surface area contributed by atoms with Crippen LogP contribution in [0.1, 0.15) is 11.1 Å². The van der Waals surface area contributed by atoms with E-state index < -0.39 is 11.6 Å². The predicted octanol–water partition coefficient (Wildman–Crippen LogP) is 4.01. The molecule has 0 aliphatic rings. The van der Waals surface area contributed by atoms with E-state index in [1.54, 1.807) is 12.1 Å². The lowest BCUT2D eigenvalue weighted by molar-refractivity contribution is 0.225. The highest BCUT2D eigenvalue weighted by atomic mass is 35.5. The zero-order valence-corrected chi connectivity index (χ0v) is 11.6. The third-order valence-corrected chi connectivity index (χ3v) is 3.42. The van der Waals surface area contributed by atoms with Crippen LogP contribution in [0.5, 0.6) is 0 Å². The molecule has 2 aromatic rings. The van der Waals surface area contributed by atoms with E-state index in [0.717, 1.165) is 11.6 Å². The van der Waals surface area contributed by atoms with Gasteiger partial charge in [0.05, 0.1) is 0 Å². The van der Waals surface area contributed by atoms with E-state index in [0.29, 0.717) is 23.4 Å². The second-order valence-electron chi connectivity index (χ2n) is 4.84. The smallest absolute Gasteiger partial charge is 0.159 e. The van der Waals surface area contributed by atoms with E-state index in [2.05, 4.69) is 0 Å². The third kappa shape index (κ3) is 4.02. The molecule has 1 unspecified atom stereocenters. The van der Waals surface area contributed by atoms with Gasteiger partial charge in [-0.25, -0.2) is 8.78 Å². The van der Waals surface area contributed by atoms with E-state index >= 15 is 0 Å². The summed E-state index contributed by atoms with van der Waals surface area (Å²) in [5, 5.41) is 10.1. The van der Waals surface area contributed by atoms with Crippen LogP contribution in [0.15, 0.2) is 42.5 Å². The maximum atomic E-state index is 13.2. The topological polar surface area (TPSA) is 20.2 Å². The van der Waals surface area contributed by atoms with Crippen molar-refractivity contribution in [1.29, 1.82) is 0 Å². The largest absolute Gasteiger partial charge is 0.396 e. The molecule has 1 nitrogen and oxygen atoms in total. The van der Waals surface area contributed by atoms with Gasteiger partial charge in [-0.3, -0.25) is 0 Å². The Morgan fingerprint density at radius 1 is 0.950 bits per heavy atom. The van der Waals surface area contributed by atoms with Gasteiger partial charge >= 0.3 is 0 Å². The second kappa shape index (κ2) is 6.82. The molecule has 4 heteroatoms. The van der Waals surface area contributed by atoms with Gasteiger partial charge in [0, 0.05) is 11.6 Å². The summed E-state index contributed by atoms with van der Waals surface area (Å²) in [7, 11) is 0. The highest BCUT2D eigenvalue weighted by molar-refractivity contribution is 6.30. The first-order valence-corrected chi connectivity index (χ1v) is 6.75. The molecule has 2 rings (SSSR count). The van der Waals surface area contributed by atoms with Gasteiger partial charge < -0.3 is 5.11 Å². The number of aliphatic hydroxyl groups excluding tert-OH is 1. The molecule has 106 valence electrons. The fraction of sp³-hybridized carbons (Fsp3) is 0.250. The molecule has 0 fully saturated rings. The molecule has 2 aromatic carbocycles. The van der Waals surface area contributed by atoms with Crippen molar-refractivity contribution < 1.29 is 13.9 Å². The molecule has 0 heterocycles. The Kier molecular flexibility index (Phi) is 5.10. The minimum Gasteiger partial charge on any atom is -0.396 e. The molecule has 0 spiro atoms. The maximum absolute atomic E-state index is 13.2. The predicted molar refractivity (Wildman–Crippen MR) is 75.8 cm³/mol. The average molecular weight is 297 g/mol. The highest BCUT2D eigenvalue weighted by Crippen LogP contribution is 2.18. The summed E-state index contributed by atoms with van der Waals surface area (Å²) in [6.07, 6.45) is 1.12. The zero-order chi connectivity index (χ0) is 14.5. The van der Waals surface area contributed by atoms with Crippen molar-refractivity contribution in [3.63, 3.8) is 0 Å². The molecule has 1 atom stereocenters. The van der Waals surface area contributed by atoms with Crippen LogP contribution in [0.3, 0.4) is 0 Å². The monoisotopic (exact) mass is 296 g/mol. The molecule has 1 N–H and O–H groups in total. The number of benzene rings is 2. The number of aliphatic hydroxyl groups is 1. The molecule has 20 heavy (non-hydrogen) atoms. The molecule has 0 amide bonds. The summed E-state index contributed by atoms with van der Waals surface area (Å²) >= 11 is 5.92. The fourth-order valence-electron chi connectivity index (χ4n) is 2.20. The lowest BCUT2D eigenvalue weighted by Crippen LogP contribution is -2.13. The Balaban J connectivity index is 2.07. The normalized spacial score (nSPS) is 12.4. The minimum atomic E-state index is -0.859. The molecule has 0 saturated heterocycles. The summed E-state index contributed by atoms with van der Waals surface area (Å²) in [4.78, 5) is 0. The number of hydrogen-bond donors (Lipinski definition) is 1. The van der Waals surface area contributed by atoms with Crippen LogP contribution in [0.2, 0.25) is 5.02 Å². The van der Waals surface area contributed by atoms with Gasteiger partial charge in [-0.2, -0.15) is 0 Å². The van der Waals surface area contributed by atoms with Crippen LogP contribution in [0, 0.1) is 17.6 Å². The Morgan fingerprint density at radius 2 is 1.65 bits per heavy atom. The summed E-state index contributed by atoms with van der Waals surface area (Å²) in [5.74, 6) is -1.77. The molecule has 0 bridgehead atoms. The first kappa shape index (κ1) is 14.9. The number of hydrogen-bond acceptors (Lipinski definition) is 1. The van der Waals surface area contributed by atoms with Gasteiger partial charge in [0.2, 0.25) is 0 Å². The van der Waals surface area contributed by atoms with E-state index in [9.17, 15) is 13.9 Å². The molecular formula is C16H15ClF2O. The Morgan fingerprint density at radius 3 is 2.25 bits per heavy atom. The van der Waals surface area contributed by atoms with Crippen molar-refractivity contribution in [2.75, 3.05) is 6.61 Å². The first-order chi connectivity index (χ1) is 9.58. The van der Waals surface area contributed by atoms with Crippen LogP contribution < -0.4 is 0 Å². The van der Waals surface area contributed by atoms with Gasteiger partial charge in [-0.1, -0.05) is 29.8 Å². The molecule has 0 radical (unpaired) electrons. The Hall–Kier alpha value is -1.45. The van der Waals surface area contributed by atoms with Gasteiger partial charge in [0.1, 0.15) is 0 Å². The summed E-state index contributed by atoms with van der Waals surface area (Å²) in [6, 6.07) is 11.2. The first-order valence-electron chi connectivity index (χ1n) is 6.37. The highest BCUT2D eigenvalue weighted by Gasteiger charge is 2.12. The van der Waals surface area contributed by atoms with Gasteiger partial charge in [-0.15, -0.1) is 0 Å². The molecule has 0 aliphatic carbocycles. The third-order valence-electron chi connectivity index (χ3n) is 3.18. The SMILES string of the molecule is OCC(Cc1cccc(Cl)c1)Cc1ccc(F)c(F)c1. The van der Waals surface area contributed by atoms with Gasteiger partial charge in [0.25, 0.3) is 0 Å². The summed E-state index contributed by atoms with van der Waals surface area (Å²) in [5.41, 5.74) is 1.68. The molecule has 0 saturated carbocycles.